The fourth-order valence-corrected chi connectivity index (χ4v) is 6.09. The normalized spacial score (nSPS) is 13.3. The Hall–Kier alpha value is -4.59. The quantitative estimate of drug-likeness (QED) is 0.135. The van der Waals surface area contributed by atoms with Crippen molar-refractivity contribution in [2.75, 3.05) is 17.6 Å². The van der Waals surface area contributed by atoms with Crippen LogP contribution < -0.4 is 11.1 Å². The van der Waals surface area contributed by atoms with Gasteiger partial charge in [0.1, 0.15) is 17.9 Å². The first-order valence-corrected chi connectivity index (χ1v) is 17.1. The van der Waals surface area contributed by atoms with Gasteiger partial charge in [-0.2, -0.15) is 0 Å². The van der Waals surface area contributed by atoms with Crippen LogP contribution in [0, 0.1) is 5.92 Å². The van der Waals surface area contributed by atoms with E-state index in [0.29, 0.717) is 25.5 Å². The Morgan fingerprint density at radius 3 is 2.38 bits per heavy atom. The largest absolute Gasteiger partial charge is 0.445 e. The number of pyridine rings is 1. The minimum atomic E-state index is -0.268. The van der Waals surface area contributed by atoms with Crippen LogP contribution in [-0.4, -0.2) is 37.6 Å². The monoisotopic (exact) mass is 632 g/mol. The third-order valence-electron chi connectivity index (χ3n) is 8.78. The molecule has 0 bridgehead atoms. The summed E-state index contributed by atoms with van der Waals surface area (Å²) in [5.74, 6) is 2.23. The lowest BCUT2D eigenvalue weighted by Crippen LogP contribution is -2.32. The number of carbonyl (C=O) groups is 1. The lowest BCUT2D eigenvalue weighted by molar-refractivity contribution is 0.0926. The van der Waals surface area contributed by atoms with Crippen molar-refractivity contribution < 1.29 is 9.53 Å². The van der Waals surface area contributed by atoms with Gasteiger partial charge >= 0.3 is 6.09 Å². The van der Waals surface area contributed by atoms with Crippen molar-refractivity contribution in [1.82, 2.24) is 19.4 Å². The molecule has 1 fully saturated rings. The Bertz CT molecular complexity index is 1820. The van der Waals surface area contributed by atoms with Crippen molar-refractivity contribution in [1.29, 1.82) is 0 Å². The van der Waals surface area contributed by atoms with E-state index in [2.05, 4.69) is 72.9 Å². The molecule has 8 heteroatoms. The zero-order valence-corrected chi connectivity index (χ0v) is 28.3. The second kappa shape index (κ2) is 14.0. The van der Waals surface area contributed by atoms with E-state index in [-0.39, 0.29) is 18.2 Å². The molecule has 0 atom stereocenters. The van der Waals surface area contributed by atoms with Crippen molar-refractivity contribution in [3.63, 3.8) is 0 Å². The summed E-state index contributed by atoms with van der Waals surface area (Å²) in [6, 6.07) is 24.8. The number of ether oxygens (including phenoxy) is 1. The highest BCUT2D eigenvalue weighted by molar-refractivity contribution is 6.06. The Morgan fingerprint density at radius 1 is 0.979 bits per heavy atom. The standard InChI is InChI=1S/C39H48N6O2/c1-5-6-11-34-42-35-36(32-9-7-8-10-33(32)41-37(35)40)45(34)25-29-16-14-28(15-17-29)24-44(23-22-27-12-13-27)38(46)47-26-30-18-20-31(21-19-30)43-39(2,3)4/h7-10,14-21,27,43H,5-6,11-13,22-26H2,1-4H3,(H2,40,41). The Morgan fingerprint density at radius 2 is 1.68 bits per heavy atom. The molecular formula is C39H48N6O2. The van der Waals surface area contributed by atoms with E-state index >= 15 is 0 Å². The van der Waals surface area contributed by atoms with Crippen molar-refractivity contribution >= 4 is 39.5 Å². The maximum atomic E-state index is 13.3. The number of aryl methyl sites for hydroxylation is 1. The number of hydrogen-bond acceptors (Lipinski definition) is 6. The number of amides is 1. The van der Waals surface area contributed by atoms with Crippen LogP contribution in [0.2, 0.25) is 0 Å². The highest BCUT2D eigenvalue weighted by Gasteiger charge is 2.24. The van der Waals surface area contributed by atoms with Crippen molar-refractivity contribution in [2.24, 2.45) is 5.92 Å². The molecule has 5 aromatic rings. The number of fused-ring (bicyclic) bond motifs is 3. The average Bonchev–Trinajstić information content (AvgIpc) is 3.81. The molecular weight excluding hydrogens is 584 g/mol. The van der Waals surface area contributed by atoms with Gasteiger partial charge in [0.05, 0.1) is 11.0 Å². The molecule has 1 aliphatic carbocycles. The molecule has 0 aliphatic heterocycles. The molecule has 2 aromatic heterocycles. The van der Waals surface area contributed by atoms with E-state index in [4.69, 9.17) is 15.5 Å². The van der Waals surface area contributed by atoms with Crippen molar-refractivity contribution in [2.45, 2.75) is 91.5 Å². The molecule has 0 saturated heterocycles. The number of nitrogens with two attached hydrogens (primary N) is 1. The van der Waals surface area contributed by atoms with Gasteiger partial charge in [-0.1, -0.05) is 80.8 Å². The number of unbranched alkanes of at least 4 members (excludes halogenated alkanes) is 1. The topological polar surface area (TPSA) is 98.3 Å². The van der Waals surface area contributed by atoms with E-state index < -0.39 is 0 Å². The summed E-state index contributed by atoms with van der Waals surface area (Å²) >= 11 is 0. The number of carbonyl (C=O) groups excluding carboxylic acids is 1. The third-order valence-corrected chi connectivity index (χ3v) is 8.78. The first kappa shape index (κ1) is 32.4. The molecule has 246 valence electrons. The molecule has 0 unspecified atom stereocenters. The maximum absolute atomic E-state index is 13.3. The van der Waals surface area contributed by atoms with Gasteiger partial charge in [0.25, 0.3) is 0 Å². The van der Waals surface area contributed by atoms with Crippen LogP contribution in [0.3, 0.4) is 0 Å². The van der Waals surface area contributed by atoms with Crippen LogP contribution in [0.1, 0.15) is 82.3 Å². The van der Waals surface area contributed by atoms with Crippen molar-refractivity contribution in [3.05, 3.63) is 95.3 Å². The fraction of sp³-hybridized carbons (Fsp3) is 0.410. The van der Waals surface area contributed by atoms with E-state index in [9.17, 15) is 4.79 Å². The van der Waals surface area contributed by atoms with Crippen LogP contribution >= 0.6 is 0 Å². The Kier molecular flexibility index (Phi) is 9.66. The zero-order valence-electron chi connectivity index (χ0n) is 28.3. The number of benzene rings is 3. The predicted molar refractivity (Wildman–Crippen MR) is 191 cm³/mol. The summed E-state index contributed by atoms with van der Waals surface area (Å²) in [5, 5.41) is 4.53. The summed E-state index contributed by atoms with van der Waals surface area (Å²) in [7, 11) is 0. The van der Waals surface area contributed by atoms with Gasteiger partial charge < -0.3 is 25.3 Å². The minimum Gasteiger partial charge on any atom is -0.445 e. The minimum absolute atomic E-state index is 0.0131. The first-order chi connectivity index (χ1) is 22.7. The molecule has 0 spiro atoms. The smallest absolute Gasteiger partial charge is 0.410 e. The summed E-state index contributed by atoms with van der Waals surface area (Å²) in [6.07, 6.45) is 6.29. The molecule has 47 heavy (non-hydrogen) atoms. The Labute approximate surface area is 278 Å². The number of imidazole rings is 1. The van der Waals surface area contributed by atoms with E-state index in [1.807, 2.05) is 47.4 Å². The number of para-hydroxylation sites is 1. The fourth-order valence-electron chi connectivity index (χ4n) is 6.09. The third kappa shape index (κ3) is 8.23. The number of hydrogen-bond donors (Lipinski definition) is 2. The summed E-state index contributed by atoms with van der Waals surface area (Å²) < 4.78 is 8.13. The van der Waals surface area contributed by atoms with Crippen LogP contribution in [0.25, 0.3) is 21.9 Å². The number of anilines is 2. The SMILES string of the molecule is CCCCc1nc2c(N)nc3ccccc3c2n1Cc1ccc(CN(CCC2CC2)C(=O)OCc2ccc(NC(C)(C)C)cc2)cc1. The van der Waals surface area contributed by atoms with Gasteiger partial charge in [0.2, 0.25) is 0 Å². The molecule has 3 aromatic carbocycles. The van der Waals surface area contributed by atoms with E-state index in [1.54, 1.807) is 0 Å². The van der Waals surface area contributed by atoms with Gasteiger partial charge in [-0.25, -0.2) is 14.8 Å². The van der Waals surface area contributed by atoms with Crippen LogP contribution in [-0.2, 0) is 30.9 Å². The zero-order chi connectivity index (χ0) is 33.0. The summed E-state index contributed by atoms with van der Waals surface area (Å²) in [5.41, 5.74) is 13.4. The average molecular weight is 633 g/mol. The number of aromatic nitrogens is 3. The van der Waals surface area contributed by atoms with Gasteiger partial charge in [0, 0.05) is 42.7 Å². The number of nitrogen functional groups attached to an aromatic ring is 1. The van der Waals surface area contributed by atoms with Crippen molar-refractivity contribution in [3.8, 4) is 0 Å². The highest BCUT2D eigenvalue weighted by atomic mass is 16.6. The Balaban J connectivity index is 1.16. The number of rotatable bonds is 13. The van der Waals surface area contributed by atoms with Gasteiger partial charge in [-0.15, -0.1) is 0 Å². The van der Waals surface area contributed by atoms with Gasteiger partial charge in [-0.3, -0.25) is 0 Å². The van der Waals surface area contributed by atoms with Crippen LogP contribution in [0.5, 0.6) is 0 Å². The summed E-state index contributed by atoms with van der Waals surface area (Å²) in [4.78, 5) is 24.8. The van der Waals surface area contributed by atoms with E-state index in [1.165, 1.54) is 18.4 Å². The lowest BCUT2D eigenvalue weighted by Gasteiger charge is -2.23. The molecule has 0 radical (unpaired) electrons. The summed E-state index contributed by atoms with van der Waals surface area (Å²) in [6.45, 7) is 10.7. The molecule has 1 saturated carbocycles. The molecule has 3 N–H and O–H groups in total. The lowest BCUT2D eigenvalue weighted by atomic mass is 10.1. The molecule has 1 aliphatic rings. The number of nitrogens with zero attached hydrogens (tertiary/aromatic N) is 4. The van der Waals surface area contributed by atoms with Crippen LogP contribution in [0.4, 0.5) is 16.3 Å². The highest BCUT2D eigenvalue weighted by Crippen LogP contribution is 2.33. The van der Waals surface area contributed by atoms with Gasteiger partial charge in [-0.05, 0) is 74.4 Å². The van der Waals surface area contributed by atoms with Gasteiger partial charge in [0.15, 0.2) is 5.82 Å². The predicted octanol–water partition coefficient (Wildman–Crippen LogP) is 8.71. The molecule has 2 heterocycles. The number of nitrogens with one attached hydrogen (secondary N) is 1. The second-order valence-corrected chi connectivity index (χ2v) is 14.0. The molecule has 6 rings (SSSR count). The second-order valence-electron chi connectivity index (χ2n) is 14.0. The molecule has 8 nitrogen and oxygen atoms in total. The maximum Gasteiger partial charge on any atom is 0.410 e. The molecule has 1 amide bonds. The van der Waals surface area contributed by atoms with E-state index in [0.717, 1.165) is 76.2 Å². The van der Waals surface area contributed by atoms with Crippen LogP contribution in [0.15, 0.2) is 72.8 Å². The first-order valence-electron chi connectivity index (χ1n) is 17.1.